The number of carbonyl (C=O) groups is 1. The Morgan fingerprint density at radius 2 is 2.20 bits per heavy atom. The Morgan fingerprint density at radius 1 is 1.50 bits per heavy atom. The molecule has 1 aromatic carbocycles. The molecular weight excluding hydrogens is 260 g/mol. The minimum Gasteiger partial charge on any atom is -0.478 e. The third-order valence-electron chi connectivity index (χ3n) is 2.41. The molecule has 0 amide bonds. The Hall–Kier alpha value is -2.89. The molecule has 0 bridgehead atoms. The summed E-state index contributed by atoms with van der Waals surface area (Å²) in [5, 5.41) is 22.7. The van der Waals surface area contributed by atoms with Crippen molar-refractivity contribution < 1.29 is 14.8 Å². The van der Waals surface area contributed by atoms with Crippen LogP contribution in [0.2, 0.25) is 0 Å². The molecule has 104 valence electrons. The van der Waals surface area contributed by atoms with E-state index >= 15 is 0 Å². The fourth-order valence-corrected chi connectivity index (χ4v) is 1.44. The van der Waals surface area contributed by atoms with Crippen LogP contribution in [-0.2, 0) is 0 Å². The molecule has 0 aliphatic rings. The van der Waals surface area contributed by atoms with Crippen LogP contribution in [0.3, 0.4) is 0 Å². The van der Waals surface area contributed by atoms with E-state index in [9.17, 15) is 14.9 Å². The highest BCUT2D eigenvalue weighted by Gasteiger charge is 2.16. The van der Waals surface area contributed by atoms with E-state index in [0.717, 1.165) is 6.07 Å². The van der Waals surface area contributed by atoms with Gasteiger partial charge in [-0.2, -0.15) is 0 Å². The molecule has 0 aliphatic heterocycles. The largest absolute Gasteiger partial charge is 0.478 e. The third-order valence-corrected chi connectivity index (χ3v) is 2.41. The molecule has 2 N–H and O–H groups in total. The lowest BCUT2D eigenvalue weighted by Crippen LogP contribution is -2.04. The second-order valence-corrected chi connectivity index (χ2v) is 3.77. The highest BCUT2D eigenvalue weighted by atomic mass is 16.6. The Bertz CT molecular complexity index is 603. The van der Waals surface area contributed by atoms with Gasteiger partial charge in [0.05, 0.1) is 10.5 Å². The monoisotopic (exact) mass is 274 g/mol. The molecule has 1 aromatic rings. The molecule has 0 aromatic heterocycles. The van der Waals surface area contributed by atoms with Gasteiger partial charge in [0.25, 0.3) is 5.69 Å². The molecule has 0 aliphatic carbocycles. The number of anilines is 1. The summed E-state index contributed by atoms with van der Waals surface area (Å²) >= 11 is 0. The Labute approximate surface area is 115 Å². The lowest BCUT2D eigenvalue weighted by atomic mass is 10.1. The van der Waals surface area contributed by atoms with Gasteiger partial charge in [0.1, 0.15) is 5.69 Å². The first-order valence-electron chi connectivity index (χ1n) is 5.73. The van der Waals surface area contributed by atoms with Crippen LogP contribution in [0.1, 0.15) is 17.3 Å². The number of nitro groups is 1. The van der Waals surface area contributed by atoms with E-state index in [-0.39, 0.29) is 16.9 Å². The van der Waals surface area contributed by atoms with Gasteiger partial charge in [-0.25, -0.2) is 4.79 Å². The van der Waals surface area contributed by atoms with E-state index in [1.807, 2.05) is 6.92 Å². The number of nitrogens with zero attached hydrogens (tertiary/aromatic N) is 1. The van der Waals surface area contributed by atoms with Crippen LogP contribution in [0.15, 0.2) is 54.8 Å². The predicted octanol–water partition coefficient (Wildman–Crippen LogP) is 3.35. The lowest BCUT2D eigenvalue weighted by Gasteiger charge is -2.08. The molecular formula is C14H14N2O4. The number of nitrogens with one attached hydrogen (secondary N) is 1. The maximum Gasteiger partial charge on any atom is 0.335 e. The zero-order valence-electron chi connectivity index (χ0n) is 10.9. The molecule has 0 heterocycles. The molecule has 0 saturated carbocycles. The second kappa shape index (κ2) is 6.89. The maximum atomic E-state index is 10.9. The molecule has 0 saturated heterocycles. The van der Waals surface area contributed by atoms with E-state index in [4.69, 9.17) is 5.11 Å². The van der Waals surface area contributed by atoms with Gasteiger partial charge < -0.3 is 10.4 Å². The Balaban J connectivity index is 3.25. The van der Waals surface area contributed by atoms with Crippen molar-refractivity contribution in [2.24, 2.45) is 0 Å². The number of hydrogen-bond acceptors (Lipinski definition) is 4. The number of aromatic carboxylic acids is 1. The SMILES string of the molecule is C=C/C(=C\C=C/C)Nc1cc(C(=O)O)ccc1[N+](=O)[O-]. The Kier molecular flexibility index (Phi) is 5.22. The van der Waals surface area contributed by atoms with Crippen LogP contribution in [-0.4, -0.2) is 16.0 Å². The van der Waals surface area contributed by atoms with Crippen LogP contribution in [0, 0.1) is 10.1 Å². The van der Waals surface area contributed by atoms with Crippen LogP contribution >= 0.6 is 0 Å². The summed E-state index contributed by atoms with van der Waals surface area (Å²) in [6, 6.07) is 3.56. The highest BCUT2D eigenvalue weighted by Crippen LogP contribution is 2.27. The van der Waals surface area contributed by atoms with Gasteiger partial charge >= 0.3 is 5.97 Å². The maximum absolute atomic E-state index is 10.9. The molecule has 0 spiro atoms. The minimum atomic E-state index is -1.15. The number of rotatable bonds is 6. The number of carboxylic acids is 1. The third kappa shape index (κ3) is 3.81. The minimum absolute atomic E-state index is 0.0347. The van der Waals surface area contributed by atoms with Crippen molar-refractivity contribution in [2.75, 3.05) is 5.32 Å². The number of hydrogen-bond donors (Lipinski definition) is 2. The molecule has 20 heavy (non-hydrogen) atoms. The van der Waals surface area contributed by atoms with Crippen molar-refractivity contribution >= 4 is 17.3 Å². The van der Waals surface area contributed by atoms with Crippen molar-refractivity contribution in [1.82, 2.24) is 0 Å². The topological polar surface area (TPSA) is 92.5 Å². The average Bonchev–Trinajstić information content (AvgIpc) is 2.42. The van der Waals surface area contributed by atoms with Crippen molar-refractivity contribution in [3.63, 3.8) is 0 Å². The standard InChI is InChI=1S/C14H14N2O4/c1-3-5-6-11(4-2)15-12-9-10(14(17)18)7-8-13(12)16(19)20/h3-9,15H,2H2,1H3,(H,17,18)/b5-3-,11-6+. The molecule has 1 rings (SSSR count). The van der Waals surface area contributed by atoms with Gasteiger partial charge in [-0.05, 0) is 31.2 Å². The van der Waals surface area contributed by atoms with E-state index in [1.54, 1.807) is 18.2 Å². The van der Waals surface area contributed by atoms with Crippen LogP contribution in [0.5, 0.6) is 0 Å². The summed E-state index contributed by atoms with van der Waals surface area (Å²) < 4.78 is 0. The second-order valence-electron chi connectivity index (χ2n) is 3.77. The molecule has 6 nitrogen and oxygen atoms in total. The normalized spacial score (nSPS) is 11.3. The zero-order chi connectivity index (χ0) is 15.1. The summed E-state index contributed by atoms with van der Waals surface area (Å²) in [6.45, 7) is 5.42. The van der Waals surface area contributed by atoms with E-state index in [2.05, 4.69) is 11.9 Å². The number of allylic oxidation sites excluding steroid dienone is 4. The summed E-state index contributed by atoms with van der Waals surface area (Å²) in [4.78, 5) is 21.3. The predicted molar refractivity (Wildman–Crippen MR) is 76.8 cm³/mol. The fourth-order valence-electron chi connectivity index (χ4n) is 1.44. The van der Waals surface area contributed by atoms with Gasteiger partial charge in [0.15, 0.2) is 0 Å². The average molecular weight is 274 g/mol. The van der Waals surface area contributed by atoms with Crippen molar-refractivity contribution in [1.29, 1.82) is 0 Å². The molecule has 0 fully saturated rings. The molecule has 0 unspecified atom stereocenters. The van der Waals surface area contributed by atoms with Crippen molar-refractivity contribution in [2.45, 2.75) is 6.92 Å². The van der Waals surface area contributed by atoms with E-state index in [0.29, 0.717) is 5.70 Å². The van der Waals surface area contributed by atoms with E-state index in [1.165, 1.54) is 18.2 Å². The summed E-state index contributed by atoms with van der Waals surface area (Å²) in [5.41, 5.74) is 0.384. The number of nitro benzene ring substituents is 1. The smallest absolute Gasteiger partial charge is 0.335 e. The van der Waals surface area contributed by atoms with Gasteiger partial charge in [-0.15, -0.1) is 0 Å². The van der Waals surface area contributed by atoms with Crippen LogP contribution < -0.4 is 5.32 Å². The molecule has 0 radical (unpaired) electrons. The number of carboxylic acid groups (broad SMARTS) is 1. The van der Waals surface area contributed by atoms with Crippen molar-refractivity contribution in [3.05, 3.63) is 70.5 Å². The Morgan fingerprint density at radius 3 is 2.70 bits per heavy atom. The first-order valence-corrected chi connectivity index (χ1v) is 5.73. The summed E-state index contributed by atoms with van der Waals surface area (Å²) in [6.07, 6.45) is 6.67. The van der Waals surface area contributed by atoms with Gasteiger partial charge in [-0.3, -0.25) is 10.1 Å². The quantitative estimate of drug-likeness (QED) is 0.471. The van der Waals surface area contributed by atoms with Gasteiger partial charge in [0.2, 0.25) is 0 Å². The summed E-state index contributed by atoms with van der Waals surface area (Å²) in [5.74, 6) is -1.15. The van der Waals surface area contributed by atoms with Gasteiger partial charge in [-0.1, -0.05) is 18.7 Å². The molecule has 6 heteroatoms. The molecule has 0 atom stereocenters. The highest BCUT2D eigenvalue weighted by molar-refractivity contribution is 5.90. The first-order chi connectivity index (χ1) is 9.49. The first kappa shape index (κ1) is 15.2. The van der Waals surface area contributed by atoms with Crippen molar-refractivity contribution in [3.8, 4) is 0 Å². The van der Waals surface area contributed by atoms with E-state index < -0.39 is 10.9 Å². The lowest BCUT2D eigenvalue weighted by molar-refractivity contribution is -0.383. The van der Waals surface area contributed by atoms with Gasteiger partial charge in [0, 0.05) is 11.8 Å². The number of benzene rings is 1. The van der Waals surface area contributed by atoms with Crippen LogP contribution in [0.25, 0.3) is 0 Å². The van der Waals surface area contributed by atoms with Crippen LogP contribution in [0.4, 0.5) is 11.4 Å². The summed E-state index contributed by atoms with van der Waals surface area (Å²) in [7, 11) is 0. The zero-order valence-corrected chi connectivity index (χ0v) is 10.9. The fraction of sp³-hybridized carbons (Fsp3) is 0.0714.